The number of nitro groups is 1. The summed E-state index contributed by atoms with van der Waals surface area (Å²) in [6.45, 7) is 3.76. The number of nitrogens with one attached hydrogen (secondary N) is 2. The van der Waals surface area contributed by atoms with Gasteiger partial charge in [0.2, 0.25) is 11.8 Å². The van der Waals surface area contributed by atoms with Gasteiger partial charge in [0.1, 0.15) is 5.25 Å². The summed E-state index contributed by atoms with van der Waals surface area (Å²) >= 11 is 2.10. The van der Waals surface area contributed by atoms with Gasteiger partial charge in [-0.25, -0.2) is 4.90 Å². The van der Waals surface area contributed by atoms with Crippen LogP contribution in [0.3, 0.4) is 0 Å². The fourth-order valence-electron chi connectivity index (χ4n) is 5.44. The number of aromatic nitrogens is 1. The summed E-state index contributed by atoms with van der Waals surface area (Å²) in [6.07, 6.45) is 0. The first-order valence-corrected chi connectivity index (χ1v) is 15.6. The predicted octanol–water partition coefficient (Wildman–Crippen LogP) is 4.87. The standard InChI is InChI=1S/C31H26N4O8S2/c1-3-42-22-14-17(6-13-21(22)43-15-23(36)32-18-7-4-16(2)5-8-18)24-25-27(44-28-26(24)45-31(39)33-28)30(38)34(29(25)37)19-9-11-20(12-10-19)35(40)41/h4-14,24-25,27H,3,15H2,1-2H3,(H,32,36)(H,33,39). The van der Waals surface area contributed by atoms with Crippen molar-refractivity contribution in [3.63, 3.8) is 0 Å². The number of thioether (sulfide) groups is 1. The van der Waals surface area contributed by atoms with Crippen molar-refractivity contribution in [3.05, 3.63) is 103 Å². The number of aromatic amines is 1. The number of H-pyrrole nitrogens is 1. The lowest BCUT2D eigenvalue weighted by Gasteiger charge is -2.30. The Morgan fingerprint density at radius 1 is 1.00 bits per heavy atom. The zero-order chi connectivity index (χ0) is 31.8. The zero-order valence-electron chi connectivity index (χ0n) is 24.0. The van der Waals surface area contributed by atoms with Gasteiger partial charge < -0.3 is 19.8 Å². The van der Waals surface area contributed by atoms with E-state index in [4.69, 9.17) is 9.47 Å². The molecule has 0 aliphatic carbocycles. The summed E-state index contributed by atoms with van der Waals surface area (Å²) in [5.74, 6) is -2.21. The number of carbonyl (C=O) groups is 3. The van der Waals surface area contributed by atoms with Crippen LogP contribution in [0.1, 0.15) is 28.8 Å². The van der Waals surface area contributed by atoms with Gasteiger partial charge in [-0.15, -0.1) is 0 Å². The Morgan fingerprint density at radius 2 is 1.73 bits per heavy atom. The number of ether oxygens (including phenoxy) is 2. The van der Waals surface area contributed by atoms with Crippen molar-refractivity contribution in [2.45, 2.75) is 30.0 Å². The summed E-state index contributed by atoms with van der Waals surface area (Å²) in [7, 11) is 0. The summed E-state index contributed by atoms with van der Waals surface area (Å²) in [4.78, 5) is 67.4. The molecule has 0 spiro atoms. The lowest BCUT2D eigenvalue weighted by molar-refractivity contribution is -0.384. The fourth-order valence-corrected chi connectivity index (χ4v) is 7.95. The molecule has 3 atom stereocenters. The average Bonchev–Trinajstić information content (AvgIpc) is 3.51. The van der Waals surface area contributed by atoms with Crippen LogP contribution < -0.4 is 24.6 Å². The molecule has 2 aliphatic rings. The Hall–Kier alpha value is -4.95. The van der Waals surface area contributed by atoms with Crippen molar-refractivity contribution in [2.24, 2.45) is 5.92 Å². The number of anilines is 2. The van der Waals surface area contributed by atoms with Crippen LogP contribution in [0, 0.1) is 23.0 Å². The average molecular weight is 647 g/mol. The number of non-ortho nitro benzene ring substituents is 1. The van der Waals surface area contributed by atoms with Crippen LogP contribution in [0.5, 0.6) is 11.5 Å². The third-order valence-electron chi connectivity index (χ3n) is 7.46. The number of fused-ring (bicyclic) bond motifs is 2. The molecule has 1 fully saturated rings. The second-order valence-corrected chi connectivity index (χ2v) is 12.5. The number of hydrogen-bond donors (Lipinski definition) is 2. The number of carbonyl (C=O) groups excluding carboxylic acids is 3. The maximum atomic E-state index is 14.0. The molecule has 0 radical (unpaired) electrons. The van der Waals surface area contributed by atoms with Crippen LogP contribution in [0.2, 0.25) is 0 Å². The van der Waals surface area contributed by atoms with Gasteiger partial charge in [0, 0.05) is 28.6 Å². The van der Waals surface area contributed by atoms with E-state index in [9.17, 15) is 29.3 Å². The Bertz CT molecular complexity index is 1870. The van der Waals surface area contributed by atoms with Crippen molar-refractivity contribution in [1.29, 1.82) is 0 Å². The molecule has 3 aromatic carbocycles. The minimum Gasteiger partial charge on any atom is -0.490 e. The quantitative estimate of drug-likeness (QED) is 0.147. The van der Waals surface area contributed by atoms with Crippen molar-refractivity contribution in [1.82, 2.24) is 4.98 Å². The minimum absolute atomic E-state index is 0.166. The molecule has 2 aliphatic heterocycles. The molecule has 14 heteroatoms. The number of hydrogen-bond acceptors (Lipinski definition) is 10. The van der Waals surface area contributed by atoms with Crippen LogP contribution in [0.25, 0.3) is 0 Å². The number of thiazole rings is 1. The van der Waals surface area contributed by atoms with E-state index in [2.05, 4.69) is 10.3 Å². The summed E-state index contributed by atoms with van der Waals surface area (Å²) < 4.78 is 11.7. The Morgan fingerprint density at radius 3 is 2.42 bits per heavy atom. The fraction of sp³-hybridized carbons (Fsp3) is 0.226. The van der Waals surface area contributed by atoms with E-state index in [0.717, 1.165) is 33.6 Å². The number of amides is 3. The van der Waals surface area contributed by atoms with Crippen LogP contribution in [-0.2, 0) is 14.4 Å². The van der Waals surface area contributed by atoms with Crippen LogP contribution in [0.15, 0.2) is 76.6 Å². The molecule has 6 rings (SSSR count). The van der Waals surface area contributed by atoms with Crippen LogP contribution >= 0.6 is 23.1 Å². The molecule has 3 amide bonds. The molecule has 45 heavy (non-hydrogen) atoms. The summed E-state index contributed by atoms with van der Waals surface area (Å²) in [6, 6.07) is 17.7. The van der Waals surface area contributed by atoms with Crippen molar-refractivity contribution in [2.75, 3.05) is 23.4 Å². The molecule has 0 saturated carbocycles. The molecule has 12 nitrogen and oxygen atoms in total. The number of aryl methyl sites for hydroxylation is 1. The highest BCUT2D eigenvalue weighted by Gasteiger charge is 2.56. The predicted molar refractivity (Wildman–Crippen MR) is 168 cm³/mol. The molecule has 1 aromatic heterocycles. The van der Waals surface area contributed by atoms with Gasteiger partial charge in [0.25, 0.3) is 11.6 Å². The summed E-state index contributed by atoms with van der Waals surface area (Å²) in [5.41, 5.74) is 2.38. The molecular formula is C31H26N4O8S2. The van der Waals surface area contributed by atoms with Gasteiger partial charge in [-0.05, 0) is 55.8 Å². The largest absolute Gasteiger partial charge is 0.490 e. The Labute approximate surface area is 264 Å². The summed E-state index contributed by atoms with van der Waals surface area (Å²) in [5, 5.41) is 13.6. The monoisotopic (exact) mass is 646 g/mol. The van der Waals surface area contributed by atoms with Gasteiger partial charge in [-0.3, -0.25) is 29.3 Å². The first-order valence-electron chi connectivity index (χ1n) is 13.9. The number of imide groups is 1. The minimum atomic E-state index is -0.863. The van der Waals surface area contributed by atoms with Gasteiger partial charge in [0.15, 0.2) is 18.1 Å². The highest BCUT2D eigenvalue weighted by atomic mass is 32.2. The van der Waals surface area contributed by atoms with E-state index in [-0.39, 0.29) is 35.4 Å². The number of nitro benzene ring substituents is 1. The second kappa shape index (κ2) is 12.2. The lowest BCUT2D eigenvalue weighted by Crippen LogP contribution is -2.32. The van der Waals surface area contributed by atoms with Crippen LogP contribution in [-0.4, -0.2) is 46.1 Å². The number of nitrogens with zero attached hydrogens (tertiary/aromatic N) is 2. The first-order chi connectivity index (χ1) is 21.6. The number of benzene rings is 3. The zero-order valence-corrected chi connectivity index (χ0v) is 25.6. The van der Waals surface area contributed by atoms with Crippen molar-refractivity contribution in [3.8, 4) is 11.5 Å². The smallest absolute Gasteiger partial charge is 0.305 e. The van der Waals surface area contributed by atoms with Gasteiger partial charge in [-0.1, -0.05) is 46.9 Å². The highest BCUT2D eigenvalue weighted by Crippen LogP contribution is 2.53. The molecule has 3 heterocycles. The first kappa shape index (κ1) is 30.1. The Kier molecular flexibility index (Phi) is 8.16. The maximum Gasteiger partial charge on any atom is 0.305 e. The normalized spacial score (nSPS) is 18.7. The van der Waals surface area contributed by atoms with Gasteiger partial charge >= 0.3 is 4.87 Å². The van der Waals surface area contributed by atoms with E-state index in [1.54, 1.807) is 37.3 Å². The topological polar surface area (TPSA) is 161 Å². The highest BCUT2D eigenvalue weighted by molar-refractivity contribution is 8.00. The van der Waals surface area contributed by atoms with Crippen molar-refractivity contribution < 1.29 is 28.8 Å². The molecule has 230 valence electrons. The van der Waals surface area contributed by atoms with E-state index < -0.39 is 33.8 Å². The molecule has 3 unspecified atom stereocenters. The Balaban J connectivity index is 1.30. The molecule has 1 saturated heterocycles. The van der Waals surface area contributed by atoms with Crippen molar-refractivity contribution >= 4 is 57.9 Å². The van der Waals surface area contributed by atoms with E-state index in [1.807, 2.05) is 19.1 Å². The SMILES string of the molecule is CCOc1cc(C2c3sc(=O)[nH]c3SC3C(=O)N(c4ccc([N+](=O)[O-])cc4)C(=O)C32)ccc1OCC(=O)Nc1ccc(C)cc1. The van der Waals surface area contributed by atoms with E-state index in [0.29, 0.717) is 32.7 Å². The third kappa shape index (κ3) is 5.81. The second-order valence-electron chi connectivity index (χ2n) is 10.4. The van der Waals surface area contributed by atoms with Gasteiger partial charge in [0.05, 0.1) is 28.2 Å². The van der Waals surface area contributed by atoms with E-state index >= 15 is 0 Å². The third-order valence-corrected chi connectivity index (χ3v) is 9.86. The molecule has 2 N–H and O–H groups in total. The number of rotatable bonds is 9. The van der Waals surface area contributed by atoms with E-state index in [1.165, 1.54) is 24.3 Å². The van der Waals surface area contributed by atoms with Gasteiger partial charge in [-0.2, -0.15) is 0 Å². The van der Waals surface area contributed by atoms with Crippen LogP contribution in [0.4, 0.5) is 17.1 Å². The molecular weight excluding hydrogens is 620 g/mol. The molecule has 0 bridgehead atoms. The maximum absolute atomic E-state index is 14.0. The lowest BCUT2D eigenvalue weighted by atomic mass is 9.83. The molecule has 4 aromatic rings.